The van der Waals surface area contributed by atoms with E-state index in [1.165, 1.54) is 0 Å². The molecule has 1 aliphatic rings. The van der Waals surface area contributed by atoms with E-state index in [9.17, 15) is 18.0 Å². The van der Waals surface area contributed by atoms with E-state index in [1.807, 2.05) is 0 Å². The molecule has 2 N–H and O–H groups in total. The lowest BCUT2D eigenvalue weighted by Crippen LogP contribution is -2.56. The number of carbonyl (C=O) groups is 2. The number of piperazine rings is 1. The number of furan rings is 1. The highest BCUT2D eigenvalue weighted by Crippen LogP contribution is 2.30. The van der Waals surface area contributed by atoms with E-state index in [2.05, 4.69) is 21.2 Å². The maximum atomic E-state index is 12.6. The Labute approximate surface area is 129 Å². The number of carboxylic acids is 1. The zero-order valence-corrected chi connectivity index (χ0v) is 13.4. The molecule has 1 atom stereocenters. The summed E-state index contributed by atoms with van der Waals surface area (Å²) in [5.74, 6) is -2.24. The van der Waals surface area contributed by atoms with Crippen LogP contribution in [0.15, 0.2) is 20.0 Å². The summed E-state index contributed by atoms with van der Waals surface area (Å²) >= 11 is 2.91. The summed E-state index contributed by atoms with van der Waals surface area (Å²) in [6.45, 7) is 2.02. The van der Waals surface area contributed by atoms with Crippen molar-refractivity contribution in [2.75, 3.05) is 13.1 Å². The molecule has 1 fully saturated rings. The third-order valence-electron chi connectivity index (χ3n) is 3.12. The van der Waals surface area contributed by atoms with Crippen LogP contribution in [0.25, 0.3) is 0 Å². The van der Waals surface area contributed by atoms with Crippen LogP contribution >= 0.6 is 15.9 Å². The number of sulfonamides is 1. The van der Waals surface area contributed by atoms with Crippen LogP contribution in [0.2, 0.25) is 0 Å². The first-order valence-corrected chi connectivity index (χ1v) is 8.34. The molecule has 0 bridgehead atoms. The van der Waals surface area contributed by atoms with Gasteiger partial charge < -0.3 is 14.8 Å². The van der Waals surface area contributed by atoms with E-state index in [-0.39, 0.29) is 28.6 Å². The molecule has 21 heavy (non-hydrogen) atoms. The van der Waals surface area contributed by atoms with Crippen LogP contribution in [0.1, 0.15) is 23.9 Å². The maximum absolute atomic E-state index is 12.6. The van der Waals surface area contributed by atoms with E-state index < -0.39 is 27.8 Å². The summed E-state index contributed by atoms with van der Waals surface area (Å²) in [5.41, 5.74) is 0. The summed E-state index contributed by atoms with van der Waals surface area (Å²) in [6.07, 6.45) is 0.312. The van der Waals surface area contributed by atoms with Crippen LogP contribution in [0.5, 0.6) is 0 Å². The largest absolute Gasteiger partial charge is 0.475 e. The van der Waals surface area contributed by atoms with Gasteiger partial charge in [-0.3, -0.25) is 4.79 Å². The smallest absolute Gasteiger partial charge is 0.371 e. The molecule has 0 saturated carbocycles. The SMILES string of the molecule is CCC1C(=O)NCCN1S(=O)(=O)c1cc(C(=O)O)oc1Br. The molecule has 8 nitrogen and oxygen atoms in total. The molecule has 2 rings (SSSR count). The van der Waals surface area contributed by atoms with Gasteiger partial charge in [-0.05, 0) is 22.4 Å². The third kappa shape index (κ3) is 2.83. The van der Waals surface area contributed by atoms with Crippen molar-refractivity contribution in [1.82, 2.24) is 9.62 Å². The fraction of sp³-hybridized carbons (Fsp3) is 0.455. The predicted molar refractivity (Wildman–Crippen MR) is 74.3 cm³/mol. The Morgan fingerprint density at radius 3 is 2.81 bits per heavy atom. The molecular weight excluding hydrogens is 368 g/mol. The van der Waals surface area contributed by atoms with Crippen molar-refractivity contribution in [3.63, 3.8) is 0 Å². The lowest BCUT2D eigenvalue weighted by atomic mass is 10.2. The Balaban J connectivity index is 2.46. The second-order valence-corrected chi connectivity index (χ2v) is 6.96. The topological polar surface area (TPSA) is 117 Å². The first-order valence-electron chi connectivity index (χ1n) is 6.11. The molecule has 1 saturated heterocycles. The molecule has 10 heteroatoms. The fourth-order valence-electron chi connectivity index (χ4n) is 2.13. The summed E-state index contributed by atoms with van der Waals surface area (Å²) in [4.78, 5) is 22.3. The average Bonchev–Trinajstić information content (AvgIpc) is 2.81. The molecule has 0 aromatic carbocycles. The van der Waals surface area contributed by atoms with Gasteiger partial charge in [0.1, 0.15) is 10.9 Å². The lowest BCUT2D eigenvalue weighted by Gasteiger charge is -2.33. The van der Waals surface area contributed by atoms with Crippen molar-refractivity contribution in [1.29, 1.82) is 0 Å². The Morgan fingerprint density at radius 2 is 2.29 bits per heavy atom. The zero-order chi connectivity index (χ0) is 15.8. The molecule has 116 valence electrons. The van der Waals surface area contributed by atoms with Gasteiger partial charge in [0.05, 0.1) is 0 Å². The summed E-state index contributed by atoms with van der Waals surface area (Å²) in [7, 11) is -4.03. The highest BCUT2D eigenvalue weighted by molar-refractivity contribution is 9.10. The fourth-order valence-corrected chi connectivity index (χ4v) is 4.70. The molecule has 1 aromatic heterocycles. The molecule has 1 aliphatic heterocycles. The second kappa shape index (κ2) is 5.78. The van der Waals surface area contributed by atoms with Crippen LogP contribution in [-0.4, -0.2) is 48.8 Å². The Bertz CT molecular complexity index is 683. The first kappa shape index (κ1) is 16.0. The number of nitrogens with one attached hydrogen (secondary N) is 1. The number of hydrogen-bond acceptors (Lipinski definition) is 5. The van der Waals surface area contributed by atoms with Crippen LogP contribution in [0.4, 0.5) is 0 Å². The quantitative estimate of drug-likeness (QED) is 0.791. The number of hydrogen-bond donors (Lipinski definition) is 2. The summed E-state index contributed by atoms with van der Waals surface area (Å²) < 4.78 is 31.0. The monoisotopic (exact) mass is 380 g/mol. The standard InChI is InChI=1S/C11H13BrN2O6S/c1-2-6-10(15)13-3-4-14(6)21(18,19)8-5-7(11(16)17)20-9(8)12/h5-6H,2-4H2,1H3,(H,13,15)(H,16,17). The summed E-state index contributed by atoms with van der Waals surface area (Å²) in [6, 6.07) is 0.111. The molecule has 0 radical (unpaired) electrons. The number of nitrogens with zero attached hydrogens (tertiary/aromatic N) is 1. The molecule has 0 aliphatic carbocycles. The van der Waals surface area contributed by atoms with Gasteiger partial charge in [-0.25, -0.2) is 13.2 Å². The lowest BCUT2D eigenvalue weighted by molar-refractivity contribution is -0.126. The summed E-state index contributed by atoms with van der Waals surface area (Å²) in [5, 5.41) is 11.5. The van der Waals surface area contributed by atoms with Crippen LogP contribution in [0.3, 0.4) is 0 Å². The molecule has 1 amide bonds. The van der Waals surface area contributed by atoms with E-state index in [1.54, 1.807) is 6.92 Å². The number of carbonyl (C=O) groups excluding carboxylic acids is 1. The molecular formula is C11H13BrN2O6S. The van der Waals surface area contributed by atoms with Crippen molar-refractivity contribution < 1.29 is 27.5 Å². The highest BCUT2D eigenvalue weighted by atomic mass is 79.9. The number of rotatable bonds is 4. The van der Waals surface area contributed by atoms with E-state index in [0.717, 1.165) is 10.4 Å². The average molecular weight is 381 g/mol. The number of carboxylic acid groups (broad SMARTS) is 1. The van der Waals surface area contributed by atoms with Crippen LogP contribution in [-0.2, 0) is 14.8 Å². The van der Waals surface area contributed by atoms with Crippen LogP contribution < -0.4 is 5.32 Å². The zero-order valence-electron chi connectivity index (χ0n) is 11.0. The van der Waals surface area contributed by atoms with Crippen molar-refractivity contribution >= 4 is 37.8 Å². The Morgan fingerprint density at radius 1 is 1.62 bits per heavy atom. The highest BCUT2D eigenvalue weighted by Gasteiger charge is 2.39. The van der Waals surface area contributed by atoms with Gasteiger partial charge in [0.25, 0.3) is 0 Å². The van der Waals surface area contributed by atoms with Gasteiger partial charge in [-0.1, -0.05) is 6.92 Å². The minimum Gasteiger partial charge on any atom is -0.475 e. The second-order valence-electron chi connectivity index (χ2n) is 4.38. The van der Waals surface area contributed by atoms with Crippen molar-refractivity contribution in [2.45, 2.75) is 24.3 Å². The Hall–Kier alpha value is -1.39. The van der Waals surface area contributed by atoms with Gasteiger partial charge in [0.15, 0.2) is 4.67 Å². The maximum Gasteiger partial charge on any atom is 0.371 e. The van der Waals surface area contributed by atoms with Gasteiger partial charge in [0, 0.05) is 19.2 Å². The minimum atomic E-state index is -4.03. The minimum absolute atomic E-state index is 0.118. The van der Waals surface area contributed by atoms with Gasteiger partial charge in [0.2, 0.25) is 21.7 Å². The van der Waals surface area contributed by atoms with E-state index in [4.69, 9.17) is 9.52 Å². The van der Waals surface area contributed by atoms with E-state index >= 15 is 0 Å². The van der Waals surface area contributed by atoms with Crippen molar-refractivity contribution in [3.8, 4) is 0 Å². The third-order valence-corrected chi connectivity index (χ3v) is 5.89. The predicted octanol–water partition coefficient (Wildman–Crippen LogP) is 0.639. The molecule has 0 spiro atoms. The van der Waals surface area contributed by atoms with Crippen LogP contribution in [0, 0.1) is 0 Å². The van der Waals surface area contributed by atoms with Gasteiger partial charge >= 0.3 is 5.97 Å². The van der Waals surface area contributed by atoms with Gasteiger partial charge in [-0.2, -0.15) is 4.31 Å². The number of aromatic carboxylic acids is 1. The van der Waals surface area contributed by atoms with Crippen molar-refractivity contribution in [2.24, 2.45) is 0 Å². The number of halogens is 1. The van der Waals surface area contributed by atoms with E-state index in [0.29, 0.717) is 6.42 Å². The number of amides is 1. The van der Waals surface area contributed by atoms with Crippen molar-refractivity contribution in [3.05, 3.63) is 16.5 Å². The first-order chi connectivity index (χ1) is 9.78. The molecule has 2 heterocycles. The van der Waals surface area contributed by atoms with Gasteiger partial charge in [-0.15, -0.1) is 0 Å². The molecule has 1 aromatic rings. The Kier molecular flexibility index (Phi) is 4.40. The normalized spacial score (nSPS) is 20.3. The molecule has 1 unspecified atom stereocenters.